The maximum Gasteiger partial charge on any atom is 0.0685 e. The third-order valence-electron chi connectivity index (χ3n) is 6.89. The van der Waals surface area contributed by atoms with Gasteiger partial charge in [-0.3, -0.25) is 0 Å². The van der Waals surface area contributed by atoms with Crippen molar-refractivity contribution in [3.8, 4) is 0 Å². The second-order valence-corrected chi connectivity index (χ2v) is 8.41. The molecule has 1 aliphatic heterocycles. The summed E-state index contributed by atoms with van der Waals surface area (Å²) in [5.74, 6) is 0.671. The molecule has 0 aromatic carbocycles. The predicted octanol–water partition coefficient (Wildman–Crippen LogP) is 4.41. The lowest BCUT2D eigenvalue weighted by Crippen LogP contribution is -2.62. The highest BCUT2D eigenvalue weighted by Crippen LogP contribution is 2.52. The second kappa shape index (κ2) is 5.28. The summed E-state index contributed by atoms with van der Waals surface area (Å²) in [4.78, 5) is 0. The van der Waals surface area contributed by atoms with E-state index >= 15 is 0 Å². The topological polar surface area (TPSA) is 35.2 Å². The van der Waals surface area contributed by atoms with Gasteiger partial charge in [0.2, 0.25) is 0 Å². The molecular weight excluding hydrogens is 246 g/mol. The average Bonchev–Trinajstić information content (AvgIpc) is 2.43. The summed E-state index contributed by atoms with van der Waals surface area (Å²) < 4.78 is 6.29. The van der Waals surface area contributed by atoms with Crippen molar-refractivity contribution in [2.75, 3.05) is 6.61 Å². The highest BCUT2D eigenvalue weighted by atomic mass is 16.5. The minimum absolute atomic E-state index is 0.0411. The van der Waals surface area contributed by atoms with Crippen molar-refractivity contribution in [2.45, 2.75) is 95.6 Å². The van der Waals surface area contributed by atoms with Gasteiger partial charge in [0.05, 0.1) is 5.60 Å². The zero-order chi connectivity index (χ0) is 14.3. The molecule has 2 N–H and O–H groups in total. The first-order valence-corrected chi connectivity index (χ1v) is 8.90. The van der Waals surface area contributed by atoms with Crippen LogP contribution >= 0.6 is 0 Å². The lowest BCUT2D eigenvalue weighted by molar-refractivity contribution is -0.140. The Bertz CT molecular complexity index is 340. The quantitative estimate of drug-likeness (QED) is 0.771. The van der Waals surface area contributed by atoms with E-state index in [1.807, 2.05) is 0 Å². The molecule has 2 heteroatoms. The first kappa shape index (κ1) is 14.8. The number of hydrogen-bond donors (Lipinski definition) is 1. The number of nitrogens with two attached hydrogens (primary N) is 1. The zero-order valence-corrected chi connectivity index (χ0v) is 13.5. The lowest BCUT2D eigenvalue weighted by atomic mass is 9.55. The molecule has 2 saturated carbocycles. The highest BCUT2D eigenvalue weighted by Gasteiger charge is 2.52. The first-order valence-electron chi connectivity index (χ1n) is 8.90. The largest absolute Gasteiger partial charge is 0.375 e. The van der Waals surface area contributed by atoms with Gasteiger partial charge in [0.1, 0.15) is 0 Å². The van der Waals surface area contributed by atoms with Crippen molar-refractivity contribution in [1.29, 1.82) is 0 Å². The van der Waals surface area contributed by atoms with Crippen molar-refractivity contribution in [3.63, 3.8) is 0 Å². The van der Waals surface area contributed by atoms with Crippen LogP contribution in [-0.4, -0.2) is 17.7 Å². The van der Waals surface area contributed by atoms with Crippen LogP contribution in [0.2, 0.25) is 0 Å². The van der Waals surface area contributed by atoms with Gasteiger partial charge in [0, 0.05) is 12.1 Å². The third-order valence-corrected chi connectivity index (χ3v) is 6.89. The Balaban J connectivity index is 1.78. The van der Waals surface area contributed by atoms with Gasteiger partial charge >= 0.3 is 0 Å². The molecule has 3 fully saturated rings. The van der Waals surface area contributed by atoms with Gasteiger partial charge in [0.15, 0.2) is 0 Å². The van der Waals surface area contributed by atoms with Crippen LogP contribution in [0.25, 0.3) is 0 Å². The standard InChI is InChI=1S/C18H33NO/c1-16(2)9-6-7-12-18(16,19)15-8-13-20-17(14-15)10-4-3-5-11-17/h15H,3-14,19H2,1-2H3. The summed E-state index contributed by atoms with van der Waals surface area (Å²) in [5.41, 5.74) is 7.58. The summed E-state index contributed by atoms with van der Waals surface area (Å²) in [7, 11) is 0. The van der Waals surface area contributed by atoms with E-state index in [-0.39, 0.29) is 11.1 Å². The summed E-state index contributed by atoms with van der Waals surface area (Å²) in [6, 6.07) is 0. The fraction of sp³-hybridized carbons (Fsp3) is 1.00. The molecule has 2 nitrogen and oxygen atoms in total. The van der Waals surface area contributed by atoms with E-state index in [0.717, 1.165) is 6.61 Å². The molecule has 0 amide bonds. The van der Waals surface area contributed by atoms with Crippen LogP contribution in [0.1, 0.15) is 84.5 Å². The van der Waals surface area contributed by atoms with Crippen LogP contribution in [-0.2, 0) is 4.74 Å². The van der Waals surface area contributed by atoms with Crippen LogP contribution in [0.15, 0.2) is 0 Å². The van der Waals surface area contributed by atoms with Gasteiger partial charge in [0.25, 0.3) is 0 Å². The van der Waals surface area contributed by atoms with Gasteiger partial charge < -0.3 is 10.5 Å². The molecule has 0 aromatic heterocycles. The first-order chi connectivity index (χ1) is 9.48. The van der Waals surface area contributed by atoms with Gasteiger partial charge in [-0.05, 0) is 49.9 Å². The van der Waals surface area contributed by atoms with E-state index in [9.17, 15) is 0 Å². The van der Waals surface area contributed by atoms with Crippen LogP contribution in [0.4, 0.5) is 0 Å². The Hall–Kier alpha value is -0.0800. The summed E-state index contributed by atoms with van der Waals surface area (Å²) in [5, 5.41) is 0. The van der Waals surface area contributed by atoms with Crippen molar-refractivity contribution >= 4 is 0 Å². The lowest BCUT2D eigenvalue weighted by Gasteiger charge is -2.56. The molecule has 20 heavy (non-hydrogen) atoms. The molecule has 1 spiro atoms. The minimum atomic E-state index is 0.0411. The molecule has 2 aliphatic carbocycles. The predicted molar refractivity (Wildman–Crippen MR) is 83.7 cm³/mol. The molecule has 0 radical (unpaired) electrons. The van der Waals surface area contributed by atoms with E-state index in [1.165, 1.54) is 70.6 Å². The molecule has 1 heterocycles. The number of rotatable bonds is 1. The fourth-order valence-corrected chi connectivity index (χ4v) is 5.32. The third kappa shape index (κ3) is 2.43. The molecule has 0 bridgehead atoms. The van der Waals surface area contributed by atoms with E-state index in [2.05, 4.69) is 13.8 Å². The number of hydrogen-bond acceptors (Lipinski definition) is 2. The van der Waals surface area contributed by atoms with Crippen LogP contribution in [0.3, 0.4) is 0 Å². The maximum atomic E-state index is 7.05. The maximum absolute atomic E-state index is 7.05. The van der Waals surface area contributed by atoms with Gasteiger partial charge in [-0.15, -0.1) is 0 Å². The monoisotopic (exact) mass is 279 g/mol. The zero-order valence-electron chi connectivity index (χ0n) is 13.5. The molecule has 3 rings (SSSR count). The fourth-order valence-electron chi connectivity index (χ4n) is 5.32. The molecule has 0 aromatic rings. The average molecular weight is 279 g/mol. The van der Waals surface area contributed by atoms with Crippen molar-refractivity contribution in [3.05, 3.63) is 0 Å². The van der Waals surface area contributed by atoms with E-state index in [4.69, 9.17) is 10.5 Å². The molecule has 1 saturated heterocycles. The van der Waals surface area contributed by atoms with E-state index < -0.39 is 0 Å². The molecular formula is C18H33NO. The van der Waals surface area contributed by atoms with Crippen LogP contribution in [0.5, 0.6) is 0 Å². The molecule has 2 atom stereocenters. The van der Waals surface area contributed by atoms with Crippen LogP contribution in [0, 0.1) is 11.3 Å². The van der Waals surface area contributed by atoms with E-state index in [0.29, 0.717) is 11.3 Å². The SMILES string of the molecule is CC1(C)CCCCC1(N)C1CCOC2(CCCCC2)C1. The summed E-state index contributed by atoms with van der Waals surface area (Å²) >= 11 is 0. The minimum Gasteiger partial charge on any atom is -0.375 e. The molecule has 2 unspecified atom stereocenters. The summed E-state index contributed by atoms with van der Waals surface area (Å²) in [6.07, 6.45) is 14.3. The Morgan fingerprint density at radius 1 is 0.900 bits per heavy atom. The van der Waals surface area contributed by atoms with Crippen molar-refractivity contribution in [2.24, 2.45) is 17.1 Å². The Morgan fingerprint density at radius 2 is 1.55 bits per heavy atom. The molecule has 3 aliphatic rings. The smallest absolute Gasteiger partial charge is 0.0685 e. The van der Waals surface area contributed by atoms with Crippen LogP contribution < -0.4 is 5.73 Å². The second-order valence-electron chi connectivity index (χ2n) is 8.41. The van der Waals surface area contributed by atoms with Crippen molar-refractivity contribution < 1.29 is 4.74 Å². The van der Waals surface area contributed by atoms with Gasteiger partial charge in [-0.2, -0.15) is 0 Å². The normalized spacial score (nSPS) is 40.6. The highest BCUT2D eigenvalue weighted by molar-refractivity contribution is 5.07. The summed E-state index contributed by atoms with van der Waals surface area (Å²) in [6.45, 7) is 5.77. The number of ether oxygens (including phenoxy) is 1. The Morgan fingerprint density at radius 3 is 2.25 bits per heavy atom. The molecule has 116 valence electrons. The Labute approximate surface area is 124 Å². The van der Waals surface area contributed by atoms with Crippen molar-refractivity contribution in [1.82, 2.24) is 0 Å². The van der Waals surface area contributed by atoms with Gasteiger partial charge in [-0.25, -0.2) is 0 Å². The van der Waals surface area contributed by atoms with Gasteiger partial charge in [-0.1, -0.05) is 46.0 Å². The Kier molecular flexibility index (Phi) is 3.92. The van der Waals surface area contributed by atoms with E-state index in [1.54, 1.807) is 0 Å².